The number of halogens is 3. The molecule has 0 heterocycles. The molecule has 1 aliphatic carbocycles. The number of hydrogen-bond acceptors (Lipinski definition) is 4. The molecule has 2 amide bonds. The summed E-state index contributed by atoms with van der Waals surface area (Å²) in [6, 6.07) is 16.8. The van der Waals surface area contributed by atoms with E-state index in [4.69, 9.17) is 23.2 Å². The summed E-state index contributed by atoms with van der Waals surface area (Å²) in [7, 11) is -4.23. The molecule has 3 aromatic rings. The van der Waals surface area contributed by atoms with Gasteiger partial charge in [0.25, 0.3) is 10.0 Å². The molecular weight excluding hydrogens is 600 g/mol. The van der Waals surface area contributed by atoms with Crippen LogP contribution in [-0.2, 0) is 26.2 Å². The number of sulfonamides is 1. The van der Waals surface area contributed by atoms with Crippen LogP contribution in [0.25, 0.3) is 0 Å². The first-order chi connectivity index (χ1) is 20.1. The fraction of sp³-hybridized carbons (Fsp3) is 0.355. The summed E-state index contributed by atoms with van der Waals surface area (Å²) >= 11 is 12.4. The molecular formula is C31H34Cl2FN3O4S. The summed E-state index contributed by atoms with van der Waals surface area (Å²) in [4.78, 5) is 29.0. The molecule has 42 heavy (non-hydrogen) atoms. The zero-order valence-corrected chi connectivity index (χ0v) is 25.6. The van der Waals surface area contributed by atoms with E-state index in [1.807, 2.05) is 0 Å². The third-order valence-electron chi connectivity index (χ3n) is 7.40. The number of nitrogens with zero attached hydrogens (tertiary/aromatic N) is 2. The Labute approximate surface area is 256 Å². The Hall–Kier alpha value is -3.14. The fourth-order valence-corrected chi connectivity index (χ4v) is 6.86. The van der Waals surface area contributed by atoms with Crippen LogP contribution in [0.3, 0.4) is 0 Å². The summed E-state index contributed by atoms with van der Waals surface area (Å²) in [6.07, 6.45) is 5.21. The Morgan fingerprint density at radius 2 is 1.62 bits per heavy atom. The van der Waals surface area contributed by atoms with E-state index in [-0.39, 0.29) is 39.1 Å². The van der Waals surface area contributed by atoms with Gasteiger partial charge in [-0.3, -0.25) is 13.9 Å². The van der Waals surface area contributed by atoms with E-state index in [1.165, 1.54) is 47.4 Å². The topological polar surface area (TPSA) is 86.8 Å². The van der Waals surface area contributed by atoms with Crippen LogP contribution >= 0.6 is 23.2 Å². The van der Waals surface area contributed by atoms with Crippen molar-refractivity contribution in [1.82, 2.24) is 10.2 Å². The molecule has 1 saturated carbocycles. The maximum absolute atomic E-state index is 14.1. The van der Waals surface area contributed by atoms with E-state index in [2.05, 4.69) is 5.32 Å². The minimum absolute atomic E-state index is 0.0176. The molecule has 0 saturated heterocycles. The van der Waals surface area contributed by atoms with Crippen molar-refractivity contribution in [3.8, 4) is 0 Å². The molecule has 1 fully saturated rings. The first-order valence-corrected chi connectivity index (χ1v) is 16.2. The van der Waals surface area contributed by atoms with Gasteiger partial charge in [0.2, 0.25) is 11.8 Å². The van der Waals surface area contributed by atoms with Crippen LogP contribution in [0, 0.1) is 5.82 Å². The molecule has 0 aromatic heterocycles. The zero-order chi connectivity index (χ0) is 30.3. The second-order valence-electron chi connectivity index (χ2n) is 10.3. The lowest BCUT2D eigenvalue weighted by Crippen LogP contribution is -2.54. The third-order valence-corrected chi connectivity index (χ3v) is 9.93. The Balaban J connectivity index is 1.71. The van der Waals surface area contributed by atoms with Crippen LogP contribution in [-0.4, -0.2) is 43.8 Å². The van der Waals surface area contributed by atoms with E-state index in [0.717, 1.165) is 36.4 Å². The number of hydrogen-bond donors (Lipinski definition) is 1. The van der Waals surface area contributed by atoms with Crippen molar-refractivity contribution in [1.29, 1.82) is 0 Å². The van der Waals surface area contributed by atoms with Crippen molar-refractivity contribution in [3.63, 3.8) is 0 Å². The lowest BCUT2D eigenvalue weighted by molar-refractivity contribution is -0.140. The first kappa shape index (κ1) is 31.8. The minimum Gasteiger partial charge on any atom is -0.352 e. The van der Waals surface area contributed by atoms with Crippen molar-refractivity contribution in [2.75, 3.05) is 10.8 Å². The van der Waals surface area contributed by atoms with E-state index < -0.39 is 34.3 Å². The number of carbonyl (C=O) groups is 2. The molecule has 0 bridgehead atoms. The summed E-state index contributed by atoms with van der Waals surface area (Å²) < 4.78 is 42.4. The number of rotatable bonds is 11. The molecule has 3 aromatic carbocycles. The van der Waals surface area contributed by atoms with E-state index in [0.29, 0.717) is 12.0 Å². The molecule has 1 atom stereocenters. The normalized spacial score (nSPS) is 14.7. The standard InChI is InChI=1S/C31H34Cl2FN3O4S/c1-2-29(31(39)35-24-9-5-3-6-10-24)36(20-22-13-15-23(34)16-14-22)30(38)21-37(25-17-18-27(32)28(33)19-25)42(40,41)26-11-7-4-8-12-26/h4,7-8,11-19,24,29H,2-3,5-6,9-10,20-21H2,1H3,(H,35,39). The molecule has 0 aliphatic heterocycles. The van der Waals surface area contributed by atoms with Crippen LogP contribution in [0.4, 0.5) is 10.1 Å². The average Bonchev–Trinajstić information content (AvgIpc) is 2.99. The van der Waals surface area contributed by atoms with Gasteiger partial charge in [-0.1, -0.05) is 79.7 Å². The number of anilines is 1. The molecule has 0 radical (unpaired) electrons. The Morgan fingerprint density at radius 3 is 2.24 bits per heavy atom. The highest BCUT2D eigenvalue weighted by atomic mass is 35.5. The van der Waals surface area contributed by atoms with Crippen molar-refractivity contribution >= 4 is 50.7 Å². The Bertz CT molecular complexity index is 1480. The van der Waals surface area contributed by atoms with Gasteiger partial charge in [0.05, 0.1) is 20.6 Å². The van der Waals surface area contributed by atoms with Crippen molar-refractivity contribution in [2.24, 2.45) is 0 Å². The quantitative estimate of drug-likeness (QED) is 0.258. The van der Waals surface area contributed by atoms with Crippen LogP contribution in [0.2, 0.25) is 10.0 Å². The SMILES string of the molecule is CCC(C(=O)NC1CCCCC1)N(Cc1ccc(F)cc1)C(=O)CN(c1ccc(Cl)c(Cl)c1)S(=O)(=O)c1ccccc1. The molecule has 11 heteroatoms. The van der Waals surface area contributed by atoms with Gasteiger partial charge in [-0.2, -0.15) is 0 Å². The van der Waals surface area contributed by atoms with Gasteiger partial charge in [0, 0.05) is 12.6 Å². The van der Waals surface area contributed by atoms with Crippen molar-refractivity contribution in [3.05, 3.63) is 94.2 Å². The maximum Gasteiger partial charge on any atom is 0.264 e. The Morgan fingerprint density at radius 1 is 0.952 bits per heavy atom. The van der Waals surface area contributed by atoms with Gasteiger partial charge < -0.3 is 10.2 Å². The third kappa shape index (κ3) is 7.82. The van der Waals surface area contributed by atoms with Crippen LogP contribution in [0.15, 0.2) is 77.7 Å². The zero-order valence-electron chi connectivity index (χ0n) is 23.3. The highest BCUT2D eigenvalue weighted by Crippen LogP contribution is 2.31. The Kier molecular flexibility index (Phi) is 10.9. The number of carbonyl (C=O) groups excluding carboxylic acids is 2. The maximum atomic E-state index is 14.1. The highest BCUT2D eigenvalue weighted by Gasteiger charge is 2.34. The summed E-state index contributed by atoms with van der Waals surface area (Å²) in [5, 5.41) is 3.45. The second kappa shape index (κ2) is 14.4. The van der Waals surface area contributed by atoms with Gasteiger partial charge in [-0.05, 0) is 67.3 Å². The predicted molar refractivity (Wildman–Crippen MR) is 163 cm³/mol. The number of nitrogens with one attached hydrogen (secondary N) is 1. The summed E-state index contributed by atoms with van der Waals surface area (Å²) in [5.74, 6) is -1.33. The van der Waals surface area contributed by atoms with Crippen LogP contribution < -0.4 is 9.62 Å². The minimum atomic E-state index is -4.23. The second-order valence-corrected chi connectivity index (χ2v) is 13.0. The van der Waals surface area contributed by atoms with Gasteiger partial charge >= 0.3 is 0 Å². The van der Waals surface area contributed by atoms with E-state index in [1.54, 1.807) is 37.3 Å². The monoisotopic (exact) mass is 633 g/mol. The highest BCUT2D eigenvalue weighted by molar-refractivity contribution is 7.92. The van der Waals surface area contributed by atoms with Gasteiger partial charge in [-0.15, -0.1) is 0 Å². The van der Waals surface area contributed by atoms with Crippen molar-refractivity contribution < 1.29 is 22.4 Å². The van der Waals surface area contributed by atoms with Crippen molar-refractivity contribution in [2.45, 2.75) is 69.0 Å². The number of benzene rings is 3. The van der Waals surface area contributed by atoms with E-state index >= 15 is 0 Å². The largest absolute Gasteiger partial charge is 0.352 e. The molecule has 4 rings (SSSR count). The first-order valence-electron chi connectivity index (χ1n) is 14.0. The van der Waals surface area contributed by atoms with E-state index in [9.17, 15) is 22.4 Å². The molecule has 1 N–H and O–H groups in total. The van der Waals surface area contributed by atoms with Gasteiger partial charge in [0.1, 0.15) is 18.4 Å². The predicted octanol–water partition coefficient (Wildman–Crippen LogP) is 6.58. The van der Waals surface area contributed by atoms with Gasteiger partial charge in [-0.25, -0.2) is 12.8 Å². The fourth-order valence-electron chi connectivity index (χ4n) is 5.14. The van der Waals surface area contributed by atoms with Crippen LogP contribution in [0.1, 0.15) is 51.0 Å². The molecule has 7 nitrogen and oxygen atoms in total. The summed E-state index contributed by atoms with van der Waals surface area (Å²) in [6.45, 7) is 1.17. The van der Waals surface area contributed by atoms with Gasteiger partial charge in [0.15, 0.2) is 0 Å². The molecule has 1 aliphatic rings. The smallest absolute Gasteiger partial charge is 0.264 e. The molecule has 1 unspecified atom stereocenters. The number of amides is 2. The molecule has 0 spiro atoms. The van der Waals surface area contributed by atoms with Crippen LogP contribution in [0.5, 0.6) is 0 Å². The molecule has 224 valence electrons. The summed E-state index contributed by atoms with van der Waals surface area (Å²) in [5.41, 5.74) is 0.740. The lowest BCUT2D eigenvalue weighted by atomic mass is 9.95. The average molecular weight is 635 g/mol. The lowest BCUT2D eigenvalue weighted by Gasteiger charge is -2.34.